The number of aryl methyl sites for hydroxylation is 1. The number of rotatable bonds is 1. The predicted molar refractivity (Wildman–Crippen MR) is 73.3 cm³/mol. The molecule has 2 rings (SSSR count). The van der Waals surface area contributed by atoms with Crippen LogP contribution in [0.15, 0.2) is 4.79 Å². The highest BCUT2D eigenvalue weighted by molar-refractivity contribution is 5.95. The zero-order valence-corrected chi connectivity index (χ0v) is 11.8. The molecule has 5 nitrogen and oxygen atoms in total. The lowest BCUT2D eigenvalue weighted by molar-refractivity contribution is 0.0757. The van der Waals surface area contributed by atoms with E-state index in [9.17, 15) is 9.59 Å². The van der Waals surface area contributed by atoms with Gasteiger partial charge in [-0.1, -0.05) is 6.92 Å². The molecule has 1 unspecified atom stereocenters. The summed E-state index contributed by atoms with van der Waals surface area (Å²) in [5.41, 5.74) is 1.25. The molecule has 1 N–H and O–H groups in total. The predicted octanol–water partition coefficient (Wildman–Crippen LogP) is 1.65. The molecule has 0 bridgehead atoms. The number of amides is 1. The Morgan fingerprint density at radius 1 is 1.32 bits per heavy atom. The number of H-pyrrole nitrogens is 1. The van der Waals surface area contributed by atoms with Crippen LogP contribution in [0.3, 0.4) is 0 Å². The number of carbonyl (C=O) groups excluding carboxylic acids is 1. The number of likely N-dealkylation sites (tertiary alicyclic amines) is 1. The van der Waals surface area contributed by atoms with E-state index in [2.05, 4.69) is 17.1 Å². The molecule has 2 heterocycles. The van der Waals surface area contributed by atoms with Gasteiger partial charge >= 0.3 is 0 Å². The topological polar surface area (TPSA) is 66.1 Å². The van der Waals surface area contributed by atoms with Gasteiger partial charge in [0, 0.05) is 13.1 Å². The van der Waals surface area contributed by atoms with Crippen molar-refractivity contribution < 1.29 is 4.79 Å². The first-order chi connectivity index (χ1) is 9.00. The Kier molecular flexibility index (Phi) is 4.02. The minimum absolute atomic E-state index is 0.154. The van der Waals surface area contributed by atoms with Crippen molar-refractivity contribution >= 4 is 5.91 Å². The zero-order chi connectivity index (χ0) is 14.0. The van der Waals surface area contributed by atoms with Crippen LogP contribution in [-0.2, 0) is 0 Å². The summed E-state index contributed by atoms with van der Waals surface area (Å²) in [6.07, 6.45) is 3.16. The Hall–Kier alpha value is -1.65. The lowest BCUT2D eigenvalue weighted by atomic mass is 10.0. The summed E-state index contributed by atoms with van der Waals surface area (Å²) < 4.78 is 0. The van der Waals surface area contributed by atoms with E-state index in [0.717, 1.165) is 32.4 Å². The molecule has 1 aliphatic rings. The average molecular weight is 263 g/mol. The fraction of sp³-hybridized carbons (Fsp3) is 0.643. The number of nitrogens with zero attached hydrogens (tertiary/aromatic N) is 2. The number of aromatic nitrogens is 2. The minimum Gasteiger partial charge on any atom is -0.338 e. The minimum atomic E-state index is -0.384. The van der Waals surface area contributed by atoms with Crippen molar-refractivity contribution in [3.63, 3.8) is 0 Å². The molecule has 0 aliphatic carbocycles. The second-order valence-electron chi connectivity index (χ2n) is 5.47. The molecule has 0 aromatic carbocycles. The molecule has 0 spiro atoms. The molecule has 1 aromatic heterocycles. The van der Waals surface area contributed by atoms with Crippen LogP contribution in [0.2, 0.25) is 0 Å². The van der Waals surface area contributed by atoms with Crippen molar-refractivity contribution in [2.45, 2.75) is 40.0 Å². The highest BCUT2D eigenvalue weighted by Crippen LogP contribution is 2.18. The first kappa shape index (κ1) is 13.8. The number of hydrogen-bond donors (Lipinski definition) is 1. The lowest BCUT2D eigenvalue weighted by Gasteiger charge is -2.21. The van der Waals surface area contributed by atoms with E-state index in [0.29, 0.717) is 17.2 Å². The van der Waals surface area contributed by atoms with Crippen molar-refractivity contribution in [1.82, 2.24) is 15.1 Å². The third-order valence-corrected chi connectivity index (χ3v) is 3.99. The molecule has 5 heteroatoms. The first-order valence-electron chi connectivity index (χ1n) is 6.86. The van der Waals surface area contributed by atoms with Crippen molar-refractivity contribution in [2.75, 3.05) is 13.1 Å². The number of hydrogen-bond acceptors (Lipinski definition) is 3. The van der Waals surface area contributed by atoms with Crippen molar-refractivity contribution in [2.24, 2.45) is 5.92 Å². The zero-order valence-electron chi connectivity index (χ0n) is 11.8. The maximum absolute atomic E-state index is 12.5. The summed E-state index contributed by atoms with van der Waals surface area (Å²) in [4.78, 5) is 26.2. The number of aromatic amines is 1. The molecular weight excluding hydrogens is 242 g/mol. The molecule has 0 radical (unpaired) electrons. The van der Waals surface area contributed by atoms with Gasteiger partial charge in [0.1, 0.15) is 5.56 Å². The van der Waals surface area contributed by atoms with Crippen LogP contribution >= 0.6 is 0 Å². The van der Waals surface area contributed by atoms with Crippen LogP contribution in [0.25, 0.3) is 0 Å². The van der Waals surface area contributed by atoms with Crippen molar-refractivity contribution in [3.8, 4) is 0 Å². The summed E-state index contributed by atoms with van der Waals surface area (Å²) in [6.45, 7) is 7.27. The highest BCUT2D eigenvalue weighted by atomic mass is 16.2. The third kappa shape index (κ3) is 2.85. The smallest absolute Gasteiger partial charge is 0.277 e. The molecule has 1 atom stereocenters. The molecule has 1 aromatic rings. The van der Waals surface area contributed by atoms with Gasteiger partial charge in [-0.15, -0.1) is 0 Å². The summed E-state index contributed by atoms with van der Waals surface area (Å²) >= 11 is 0. The van der Waals surface area contributed by atoms with Gasteiger partial charge in [0.2, 0.25) is 0 Å². The van der Waals surface area contributed by atoms with Gasteiger partial charge in [-0.05, 0) is 44.6 Å². The average Bonchev–Trinajstić information content (AvgIpc) is 2.59. The van der Waals surface area contributed by atoms with Gasteiger partial charge < -0.3 is 4.90 Å². The van der Waals surface area contributed by atoms with Crippen LogP contribution < -0.4 is 5.56 Å². The van der Waals surface area contributed by atoms with E-state index in [4.69, 9.17) is 0 Å². The van der Waals surface area contributed by atoms with Gasteiger partial charge in [0.15, 0.2) is 0 Å². The van der Waals surface area contributed by atoms with E-state index in [1.54, 1.807) is 18.7 Å². The maximum atomic E-state index is 12.5. The summed E-state index contributed by atoms with van der Waals surface area (Å²) in [7, 11) is 0. The Balaban J connectivity index is 2.29. The van der Waals surface area contributed by atoms with Crippen LogP contribution in [-0.4, -0.2) is 34.1 Å². The molecule has 104 valence electrons. The largest absolute Gasteiger partial charge is 0.338 e. The lowest BCUT2D eigenvalue weighted by Crippen LogP contribution is -2.37. The van der Waals surface area contributed by atoms with Gasteiger partial charge in [-0.2, -0.15) is 5.10 Å². The van der Waals surface area contributed by atoms with E-state index in [1.807, 2.05) is 0 Å². The SMILES string of the molecule is Cc1n[nH]c(=O)c(C(=O)N2CCCC(C)CC2)c1C. The summed E-state index contributed by atoms with van der Waals surface area (Å²) in [6, 6.07) is 0. The van der Waals surface area contributed by atoms with Crippen molar-refractivity contribution in [3.05, 3.63) is 27.2 Å². The fourth-order valence-electron chi connectivity index (χ4n) is 2.51. The first-order valence-corrected chi connectivity index (χ1v) is 6.86. The molecule has 1 aliphatic heterocycles. The molecular formula is C14H21N3O2. The van der Waals surface area contributed by atoms with Gasteiger partial charge in [0.05, 0.1) is 5.69 Å². The molecule has 19 heavy (non-hydrogen) atoms. The summed E-state index contributed by atoms with van der Waals surface area (Å²) in [5, 5.41) is 6.29. The fourth-order valence-corrected chi connectivity index (χ4v) is 2.51. The standard InChI is InChI=1S/C14H21N3O2/c1-9-5-4-7-17(8-6-9)14(19)12-10(2)11(3)15-16-13(12)18/h9H,4-8H2,1-3H3,(H,16,18). The molecule has 1 fully saturated rings. The van der Waals surface area contributed by atoms with Crippen molar-refractivity contribution in [1.29, 1.82) is 0 Å². The Morgan fingerprint density at radius 2 is 2.05 bits per heavy atom. The maximum Gasteiger partial charge on any atom is 0.277 e. The summed E-state index contributed by atoms with van der Waals surface area (Å²) in [5.74, 6) is 0.495. The molecule has 1 saturated heterocycles. The van der Waals surface area contributed by atoms with Crippen LogP contribution in [0.5, 0.6) is 0 Å². The molecule has 0 saturated carbocycles. The van der Waals surface area contributed by atoms with E-state index >= 15 is 0 Å². The van der Waals surface area contributed by atoms with E-state index in [-0.39, 0.29) is 17.0 Å². The van der Waals surface area contributed by atoms with Gasteiger partial charge in [-0.25, -0.2) is 5.10 Å². The quantitative estimate of drug-likeness (QED) is 0.837. The molecule has 1 amide bonds. The van der Waals surface area contributed by atoms with Crippen LogP contribution in [0, 0.1) is 19.8 Å². The normalized spacial score (nSPS) is 20.2. The monoisotopic (exact) mass is 263 g/mol. The van der Waals surface area contributed by atoms with Crippen LogP contribution in [0.1, 0.15) is 47.8 Å². The van der Waals surface area contributed by atoms with E-state index < -0.39 is 0 Å². The van der Waals surface area contributed by atoms with E-state index in [1.165, 1.54) is 0 Å². The Labute approximate surface area is 113 Å². The Bertz CT molecular complexity index is 536. The third-order valence-electron chi connectivity index (χ3n) is 3.99. The highest BCUT2D eigenvalue weighted by Gasteiger charge is 2.24. The Morgan fingerprint density at radius 3 is 2.79 bits per heavy atom. The van der Waals surface area contributed by atoms with Gasteiger partial charge in [0.25, 0.3) is 11.5 Å². The number of carbonyl (C=O) groups is 1. The second-order valence-corrected chi connectivity index (χ2v) is 5.47. The van der Waals surface area contributed by atoms with Crippen LogP contribution in [0.4, 0.5) is 0 Å². The number of nitrogens with one attached hydrogen (secondary N) is 1. The second kappa shape index (κ2) is 5.55. The van der Waals surface area contributed by atoms with Gasteiger partial charge in [-0.3, -0.25) is 9.59 Å².